The third-order valence-corrected chi connectivity index (χ3v) is 11.8. The summed E-state index contributed by atoms with van der Waals surface area (Å²) in [5, 5.41) is 0. The first-order valence-electron chi connectivity index (χ1n) is 17.8. The van der Waals surface area contributed by atoms with Gasteiger partial charge in [0.2, 0.25) is 0 Å². The Hall–Kier alpha value is -7.10. The summed E-state index contributed by atoms with van der Waals surface area (Å²) < 4.78 is 67.5. The van der Waals surface area contributed by atoms with E-state index in [-0.39, 0.29) is 9.79 Å². The largest absolute Gasteiger partial charge is 0.399 e. The minimum atomic E-state index is -4.44. The van der Waals surface area contributed by atoms with Crippen molar-refractivity contribution in [2.24, 2.45) is 0 Å². The van der Waals surface area contributed by atoms with Gasteiger partial charge in [0.15, 0.2) is 0 Å². The lowest BCUT2D eigenvalue weighted by atomic mass is 10.0. The quantitative estimate of drug-likeness (QED) is 0.0692. The van der Waals surface area contributed by atoms with E-state index in [2.05, 4.69) is 9.97 Å². The molecule has 3 aromatic heterocycles. The SMILES string of the molecule is Nc1ccc(-c2c3nc(c(-c4ccc(S(=O)(=O)O)cc4)c4ccc([nH]4)c(-c4ccc(N)cc4)c4nc(c(-c5ccc(S(=O)(=O)O)cc5)c5ccc2[nH]5)C=C4)C=C3)cc1. The van der Waals surface area contributed by atoms with Crippen LogP contribution in [0.4, 0.5) is 11.4 Å². The van der Waals surface area contributed by atoms with E-state index in [0.717, 1.165) is 22.3 Å². The van der Waals surface area contributed by atoms with E-state index in [1.165, 1.54) is 24.3 Å². The highest BCUT2D eigenvalue weighted by Gasteiger charge is 2.20. The van der Waals surface area contributed by atoms with Gasteiger partial charge in [-0.25, -0.2) is 9.97 Å². The van der Waals surface area contributed by atoms with E-state index in [0.29, 0.717) is 78.5 Å². The second kappa shape index (κ2) is 13.8. The van der Waals surface area contributed by atoms with Crippen molar-refractivity contribution in [2.75, 3.05) is 11.5 Å². The first-order chi connectivity index (χ1) is 27.8. The van der Waals surface area contributed by atoms with Crippen LogP contribution < -0.4 is 11.5 Å². The van der Waals surface area contributed by atoms with Crippen molar-refractivity contribution in [1.82, 2.24) is 19.9 Å². The van der Waals surface area contributed by atoms with Gasteiger partial charge in [0.05, 0.1) is 32.6 Å². The predicted molar refractivity (Wildman–Crippen MR) is 229 cm³/mol. The minimum absolute atomic E-state index is 0.238. The summed E-state index contributed by atoms with van der Waals surface area (Å²) in [6, 6.07) is 34.5. The number of nitrogens with one attached hydrogen (secondary N) is 2. The predicted octanol–water partition coefficient (Wildman–Crippen LogP) is 8.98. The number of aromatic nitrogens is 4. The maximum absolute atomic E-state index is 12.0. The van der Waals surface area contributed by atoms with Gasteiger partial charge in [0.1, 0.15) is 0 Å². The van der Waals surface area contributed by atoms with E-state index < -0.39 is 20.2 Å². The van der Waals surface area contributed by atoms with Gasteiger partial charge in [-0.2, -0.15) is 16.8 Å². The van der Waals surface area contributed by atoms with Gasteiger partial charge >= 0.3 is 0 Å². The molecule has 0 saturated carbocycles. The number of aromatic amines is 2. The third kappa shape index (κ3) is 6.75. The first-order valence-corrected chi connectivity index (χ1v) is 20.7. The van der Waals surface area contributed by atoms with Crippen LogP contribution >= 0.6 is 0 Å². The van der Waals surface area contributed by atoms with E-state index in [4.69, 9.17) is 21.4 Å². The average molecular weight is 805 g/mol. The Morgan fingerprint density at radius 2 is 0.621 bits per heavy atom. The van der Waals surface area contributed by atoms with E-state index in [1.54, 1.807) is 24.3 Å². The molecule has 0 amide bonds. The van der Waals surface area contributed by atoms with Gasteiger partial charge in [-0.3, -0.25) is 9.11 Å². The van der Waals surface area contributed by atoms with Crippen LogP contribution in [0, 0.1) is 0 Å². The molecule has 0 aliphatic carbocycles. The Kier molecular flexibility index (Phi) is 8.71. The molecular formula is C44H32N6O6S2. The summed E-state index contributed by atoms with van der Waals surface area (Å²) in [5.74, 6) is 0. The minimum Gasteiger partial charge on any atom is -0.399 e. The molecule has 0 unspecified atom stereocenters. The zero-order valence-corrected chi connectivity index (χ0v) is 31.9. The Morgan fingerprint density at radius 3 is 0.862 bits per heavy atom. The van der Waals surface area contributed by atoms with E-state index in [9.17, 15) is 25.9 Å². The van der Waals surface area contributed by atoms with Crippen LogP contribution in [0.1, 0.15) is 22.8 Å². The average Bonchev–Trinajstić information content (AvgIpc) is 4.04. The molecule has 0 atom stereocenters. The molecule has 286 valence electrons. The normalized spacial score (nSPS) is 12.6. The second-order valence-electron chi connectivity index (χ2n) is 13.7. The number of hydrogen-bond donors (Lipinski definition) is 6. The summed E-state index contributed by atoms with van der Waals surface area (Å²) >= 11 is 0. The topological polar surface area (TPSA) is 218 Å². The van der Waals surface area contributed by atoms with Gasteiger partial charge in [0.25, 0.3) is 20.2 Å². The molecule has 0 fully saturated rings. The summed E-state index contributed by atoms with van der Waals surface area (Å²) in [7, 11) is -8.88. The summed E-state index contributed by atoms with van der Waals surface area (Å²) in [5.41, 5.74) is 24.4. The fourth-order valence-corrected chi connectivity index (χ4v) is 8.27. The highest BCUT2D eigenvalue weighted by molar-refractivity contribution is 7.86. The fraction of sp³-hybridized carbons (Fsp3) is 0. The number of nitrogen functional groups attached to an aromatic ring is 2. The molecular weight excluding hydrogens is 773 g/mol. The molecule has 7 aromatic rings. The molecule has 8 bridgehead atoms. The Balaban J connectivity index is 1.44. The molecule has 2 aliphatic heterocycles. The Labute approximate surface area is 332 Å². The first kappa shape index (κ1) is 36.5. The molecule has 14 heteroatoms. The molecule has 8 N–H and O–H groups in total. The summed E-state index contributed by atoms with van der Waals surface area (Å²) in [4.78, 5) is 17.1. The van der Waals surface area contributed by atoms with Crippen LogP contribution in [0.15, 0.2) is 131 Å². The highest BCUT2D eigenvalue weighted by Crippen LogP contribution is 2.39. The number of fused-ring (bicyclic) bond motifs is 8. The number of anilines is 2. The van der Waals surface area contributed by atoms with E-state index in [1.807, 2.05) is 97.1 Å². The van der Waals surface area contributed by atoms with E-state index >= 15 is 0 Å². The Bertz CT molecular complexity index is 3040. The molecule has 0 saturated heterocycles. The van der Waals surface area contributed by atoms with Gasteiger partial charge in [-0.15, -0.1) is 0 Å². The number of hydrogen-bond acceptors (Lipinski definition) is 8. The van der Waals surface area contributed by atoms with Gasteiger partial charge in [-0.05, 0) is 119 Å². The molecule has 0 radical (unpaired) electrons. The maximum Gasteiger partial charge on any atom is 0.294 e. The summed E-state index contributed by atoms with van der Waals surface area (Å²) in [6.45, 7) is 0. The maximum atomic E-state index is 12.0. The van der Waals surface area contributed by atoms with Crippen LogP contribution in [-0.2, 0) is 20.2 Å². The van der Waals surface area contributed by atoms with Crippen LogP contribution in [-0.4, -0.2) is 45.9 Å². The number of nitrogens with two attached hydrogens (primary N) is 2. The van der Waals surface area contributed by atoms with Crippen LogP contribution in [0.5, 0.6) is 0 Å². The van der Waals surface area contributed by atoms with Crippen molar-refractivity contribution in [3.05, 3.63) is 144 Å². The van der Waals surface area contributed by atoms with Gasteiger partial charge in [-0.1, -0.05) is 48.5 Å². The van der Waals surface area contributed by atoms with Crippen LogP contribution in [0.2, 0.25) is 0 Å². The molecule has 5 heterocycles. The van der Waals surface area contributed by atoms with Crippen molar-refractivity contribution in [1.29, 1.82) is 0 Å². The fourth-order valence-electron chi connectivity index (χ4n) is 7.31. The molecule has 2 aliphatic rings. The Morgan fingerprint density at radius 1 is 0.379 bits per heavy atom. The molecule has 58 heavy (non-hydrogen) atoms. The number of benzene rings is 4. The third-order valence-electron chi connectivity index (χ3n) is 10.0. The zero-order chi connectivity index (χ0) is 40.3. The van der Waals surface area contributed by atoms with Crippen LogP contribution in [0.3, 0.4) is 0 Å². The van der Waals surface area contributed by atoms with Crippen LogP contribution in [0.25, 0.3) is 90.9 Å². The second-order valence-corrected chi connectivity index (χ2v) is 16.6. The zero-order valence-electron chi connectivity index (χ0n) is 30.2. The number of nitrogens with zero attached hydrogens (tertiary/aromatic N) is 2. The van der Waals surface area contributed by atoms with Crippen molar-refractivity contribution < 1.29 is 25.9 Å². The highest BCUT2D eigenvalue weighted by atomic mass is 32.2. The van der Waals surface area contributed by atoms with Crippen molar-refractivity contribution >= 4 is 78.0 Å². The monoisotopic (exact) mass is 804 g/mol. The van der Waals surface area contributed by atoms with Gasteiger partial charge in [0, 0.05) is 55.7 Å². The molecule has 4 aromatic carbocycles. The standard InChI is InChI=1S/C44H32N6O6S2/c45-29-9-1-25(2-10-29)41-33-17-21-37(47-33)43(27-5-13-31(14-6-27)57(51,52)53)39-23-19-35(49-39)42(26-3-11-30(46)12-4-26)36-20-24-40(50-36)44(38-22-18-34(41)48-38)28-7-15-32(16-8-28)58(54,55)56/h1-24,47,50H,45-46H2,(H,51,52,53)(H,54,55,56). The lowest BCUT2D eigenvalue weighted by molar-refractivity contribution is 0.481. The number of H-pyrrole nitrogens is 2. The lowest BCUT2D eigenvalue weighted by Gasteiger charge is -2.08. The lowest BCUT2D eigenvalue weighted by Crippen LogP contribution is -1.97. The van der Waals surface area contributed by atoms with Crippen molar-refractivity contribution in [3.63, 3.8) is 0 Å². The van der Waals surface area contributed by atoms with Crippen molar-refractivity contribution in [2.45, 2.75) is 9.79 Å². The smallest absolute Gasteiger partial charge is 0.294 e. The molecule has 12 nitrogen and oxygen atoms in total. The molecule has 9 rings (SSSR count). The van der Waals surface area contributed by atoms with Crippen molar-refractivity contribution in [3.8, 4) is 44.5 Å². The summed E-state index contributed by atoms with van der Waals surface area (Å²) in [6.07, 6.45) is 7.60. The van der Waals surface area contributed by atoms with Gasteiger partial charge < -0.3 is 21.4 Å². The number of rotatable bonds is 6. The molecule has 0 spiro atoms.